The quantitative estimate of drug-likeness (QED) is 0.484. The van der Waals surface area contributed by atoms with E-state index in [9.17, 15) is 4.79 Å². The van der Waals surface area contributed by atoms with Gasteiger partial charge in [-0.1, -0.05) is 35.1 Å². The van der Waals surface area contributed by atoms with Crippen molar-refractivity contribution >= 4 is 45.3 Å². The van der Waals surface area contributed by atoms with E-state index in [1.165, 1.54) is 0 Å². The van der Waals surface area contributed by atoms with E-state index in [4.69, 9.17) is 26.5 Å². The number of hydrogen-bond acceptors (Lipinski definition) is 6. The molecule has 0 saturated carbocycles. The molecule has 0 atom stereocenters. The second kappa shape index (κ2) is 6.48. The first kappa shape index (κ1) is 16.6. The highest BCUT2D eigenvalue weighted by atomic mass is 35.5. The van der Waals surface area contributed by atoms with Gasteiger partial charge in [0.2, 0.25) is 0 Å². The van der Waals surface area contributed by atoms with Crippen LogP contribution >= 0.6 is 22.9 Å². The van der Waals surface area contributed by atoms with Gasteiger partial charge in [0.15, 0.2) is 17.2 Å². The first-order chi connectivity index (χ1) is 12.6. The van der Waals surface area contributed by atoms with Crippen LogP contribution in [0.2, 0.25) is 5.02 Å². The van der Waals surface area contributed by atoms with E-state index in [-0.39, 0.29) is 0 Å². The fraction of sp³-hybridized carbons (Fsp3) is 0.0526. The predicted octanol–water partition coefficient (Wildman–Crippen LogP) is 5.28. The molecule has 0 amide bonds. The lowest BCUT2D eigenvalue weighted by atomic mass is 10.0. The molecule has 0 bridgehead atoms. The smallest absolute Gasteiger partial charge is 0.181 e. The van der Waals surface area contributed by atoms with Gasteiger partial charge in [-0.05, 0) is 35.9 Å². The van der Waals surface area contributed by atoms with Gasteiger partial charge in [0.05, 0.1) is 7.11 Å². The summed E-state index contributed by atoms with van der Waals surface area (Å²) in [6, 6.07) is 12.9. The highest BCUT2D eigenvalue weighted by Crippen LogP contribution is 2.43. The van der Waals surface area contributed by atoms with Crippen LogP contribution < -0.4 is 10.5 Å². The third kappa shape index (κ3) is 2.73. The van der Waals surface area contributed by atoms with E-state index in [2.05, 4.69) is 4.98 Å². The molecule has 26 heavy (non-hydrogen) atoms. The summed E-state index contributed by atoms with van der Waals surface area (Å²) in [6.07, 6.45) is 0.739. The lowest BCUT2D eigenvalue weighted by Gasteiger charge is -2.04. The Morgan fingerprint density at radius 1 is 1.23 bits per heavy atom. The number of furan rings is 1. The van der Waals surface area contributed by atoms with Crippen molar-refractivity contribution in [1.29, 1.82) is 0 Å². The van der Waals surface area contributed by atoms with E-state index < -0.39 is 0 Å². The van der Waals surface area contributed by atoms with Gasteiger partial charge in [-0.3, -0.25) is 4.79 Å². The van der Waals surface area contributed by atoms with E-state index in [0.29, 0.717) is 37.8 Å². The number of methoxy groups -OCH3 is 1. The second-order valence-electron chi connectivity index (χ2n) is 5.56. The lowest BCUT2D eigenvalue weighted by Crippen LogP contribution is -1.87. The number of aromatic nitrogens is 1. The number of nitrogens with two attached hydrogens (primary N) is 1. The molecule has 0 spiro atoms. The molecule has 2 aromatic heterocycles. The molecule has 7 heteroatoms. The molecule has 0 aliphatic carbocycles. The summed E-state index contributed by atoms with van der Waals surface area (Å²) >= 11 is 7.16. The standard InChI is InChI=1S/C19H13ClN2O3S/c1-24-12-6-7-14-13(8-12)16(10-2-4-11(20)5-3-10)18(25-14)17-15(9-23)26-19(21)22-17/h2-9H,1H3,(H2,21,22). The summed E-state index contributed by atoms with van der Waals surface area (Å²) in [7, 11) is 1.61. The molecule has 0 unspecified atom stereocenters. The minimum atomic E-state index is 0.308. The average molecular weight is 385 g/mol. The van der Waals surface area contributed by atoms with Crippen molar-refractivity contribution < 1.29 is 13.9 Å². The molecule has 0 aliphatic rings. The molecular formula is C19H13ClN2O3S. The summed E-state index contributed by atoms with van der Waals surface area (Å²) in [4.78, 5) is 16.2. The molecule has 2 aromatic carbocycles. The van der Waals surface area contributed by atoms with Crippen molar-refractivity contribution in [3.05, 3.63) is 52.4 Å². The maximum atomic E-state index is 11.5. The monoisotopic (exact) mass is 384 g/mol. The Kier molecular flexibility index (Phi) is 4.14. The zero-order valence-electron chi connectivity index (χ0n) is 13.7. The number of aldehydes is 1. The van der Waals surface area contributed by atoms with Gasteiger partial charge in [-0.25, -0.2) is 4.98 Å². The first-order valence-electron chi connectivity index (χ1n) is 7.69. The zero-order chi connectivity index (χ0) is 18.3. The van der Waals surface area contributed by atoms with E-state index >= 15 is 0 Å². The number of nitrogens with zero attached hydrogens (tertiary/aromatic N) is 1. The van der Waals surface area contributed by atoms with Gasteiger partial charge in [-0.2, -0.15) is 0 Å². The number of halogens is 1. The number of rotatable bonds is 4. The van der Waals surface area contributed by atoms with Crippen LogP contribution in [0.25, 0.3) is 33.6 Å². The Morgan fingerprint density at radius 2 is 2.00 bits per heavy atom. The summed E-state index contributed by atoms with van der Waals surface area (Å²) in [5.41, 5.74) is 8.60. The van der Waals surface area contributed by atoms with E-state index in [0.717, 1.165) is 34.1 Å². The number of carbonyl (C=O) groups excluding carboxylic acids is 1. The first-order valence-corrected chi connectivity index (χ1v) is 8.88. The van der Waals surface area contributed by atoms with Gasteiger partial charge < -0.3 is 14.9 Å². The summed E-state index contributed by atoms with van der Waals surface area (Å²) in [5, 5.41) is 1.79. The number of anilines is 1. The normalized spacial score (nSPS) is 11.0. The van der Waals surface area contributed by atoms with Crippen molar-refractivity contribution in [2.75, 3.05) is 12.8 Å². The molecule has 2 N–H and O–H groups in total. The maximum Gasteiger partial charge on any atom is 0.181 e. The minimum Gasteiger partial charge on any atom is -0.497 e. The molecule has 0 saturated heterocycles. The number of nitrogen functional groups attached to an aromatic ring is 1. The van der Waals surface area contributed by atoms with Crippen LogP contribution in [0.15, 0.2) is 46.9 Å². The Morgan fingerprint density at radius 3 is 2.69 bits per heavy atom. The molecule has 5 nitrogen and oxygen atoms in total. The van der Waals surface area contributed by atoms with Gasteiger partial charge >= 0.3 is 0 Å². The molecule has 2 heterocycles. The fourth-order valence-corrected chi connectivity index (χ4v) is 3.64. The molecule has 0 fully saturated rings. The number of benzene rings is 2. The summed E-state index contributed by atoms with van der Waals surface area (Å²) in [6.45, 7) is 0. The Balaban J connectivity index is 2.07. The van der Waals surface area contributed by atoms with Crippen molar-refractivity contribution in [3.63, 3.8) is 0 Å². The van der Waals surface area contributed by atoms with Crippen molar-refractivity contribution in [2.24, 2.45) is 0 Å². The topological polar surface area (TPSA) is 78.3 Å². The summed E-state index contributed by atoms with van der Waals surface area (Å²) < 4.78 is 11.4. The summed E-state index contributed by atoms with van der Waals surface area (Å²) in [5.74, 6) is 1.19. The third-order valence-electron chi connectivity index (χ3n) is 4.02. The highest BCUT2D eigenvalue weighted by molar-refractivity contribution is 7.17. The molecule has 0 aliphatic heterocycles. The Bertz CT molecular complexity index is 1120. The van der Waals surface area contributed by atoms with E-state index in [1.807, 2.05) is 30.3 Å². The molecule has 130 valence electrons. The van der Waals surface area contributed by atoms with Crippen LogP contribution in [0.3, 0.4) is 0 Å². The van der Waals surface area contributed by atoms with Crippen LogP contribution in [0.1, 0.15) is 9.67 Å². The molecule has 4 rings (SSSR count). The number of carbonyl (C=O) groups is 1. The third-order valence-corrected chi connectivity index (χ3v) is 5.08. The van der Waals surface area contributed by atoms with Crippen LogP contribution in [-0.2, 0) is 0 Å². The largest absolute Gasteiger partial charge is 0.497 e. The van der Waals surface area contributed by atoms with Crippen LogP contribution in [0, 0.1) is 0 Å². The van der Waals surface area contributed by atoms with Crippen LogP contribution in [0.4, 0.5) is 5.13 Å². The Labute approximate surface area is 158 Å². The van der Waals surface area contributed by atoms with Crippen molar-refractivity contribution in [1.82, 2.24) is 4.98 Å². The van der Waals surface area contributed by atoms with E-state index in [1.54, 1.807) is 19.2 Å². The second-order valence-corrected chi connectivity index (χ2v) is 7.06. The number of fused-ring (bicyclic) bond motifs is 1. The van der Waals surface area contributed by atoms with Gasteiger partial charge in [-0.15, -0.1) is 0 Å². The molecular weight excluding hydrogens is 372 g/mol. The molecule has 4 aromatic rings. The number of ether oxygens (including phenoxy) is 1. The lowest BCUT2D eigenvalue weighted by molar-refractivity contribution is 0.112. The fourth-order valence-electron chi connectivity index (χ4n) is 2.87. The van der Waals surface area contributed by atoms with Crippen molar-refractivity contribution in [2.45, 2.75) is 0 Å². The van der Waals surface area contributed by atoms with Crippen LogP contribution in [0.5, 0.6) is 5.75 Å². The minimum absolute atomic E-state index is 0.308. The van der Waals surface area contributed by atoms with Crippen LogP contribution in [-0.4, -0.2) is 18.4 Å². The SMILES string of the molecule is COc1ccc2oc(-c3nc(N)sc3C=O)c(-c3ccc(Cl)cc3)c2c1. The number of hydrogen-bond donors (Lipinski definition) is 1. The van der Waals surface area contributed by atoms with Gasteiger partial charge in [0.1, 0.15) is 21.9 Å². The average Bonchev–Trinajstić information content (AvgIpc) is 3.21. The maximum absolute atomic E-state index is 11.5. The highest BCUT2D eigenvalue weighted by Gasteiger charge is 2.23. The number of thiazole rings is 1. The zero-order valence-corrected chi connectivity index (χ0v) is 15.2. The Hall–Kier alpha value is -2.83. The van der Waals surface area contributed by atoms with Gasteiger partial charge in [0, 0.05) is 16.0 Å². The predicted molar refractivity (Wildman–Crippen MR) is 104 cm³/mol. The van der Waals surface area contributed by atoms with Crippen molar-refractivity contribution in [3.8, 4) is 28.3 Å². The van der Waals surface area contributed by atoms with Gasteiger partial charge in [0.25, 0.3) is 0 Å². The molecule has 0 radical (unpaired) electrons.